The molecule has 0 radical (unpaired) electrons. The van der Waals surface area contributed by atoms with Crippen LogP contribution in [0.2, 0.25) is 0 Å². The van der Waals surface area contributed by atoms with Crippen molar-refractivity contribution in [2.45, 2.75) is 58.1 Å². The van der Waals surface area contributed by atoms with E-state index in [4.69, 9.17) is 25.8 Å². The SMILES string of the molecule is COC(=O)C(CCCN=C(N)N)CC(=O)C(Cc1c[nH]c2ccccc12)NC(=O)CONC(=O)OC(C)(C)C. The highest BCUT2D eigenvalue weighted by molar-refractivity contribution is 5.93. The van der Waals surface area contributed by atoms with E-state index < -0.39 is 42.1 Å². The lowest BCUT2D eigenvalue weighted by molar-refractivity contribution is -0.147. The first-order valence-electron chi connectivity index (χ1n) is 12.5. The summed E-state index contributed by atoms with van der Waals surface area (Å²) in [6, 6.07) is 6.57. The van der Waals surface area contributed by atoms with E-state index in [2.05, 4.69) is 15.3 Å². The van der Waals surface area contributed by atoms with Gasteiger partial charge in [0.05, 0.1) is 19.1 Å². The number of esters is 1. The maximum atomic E-state index is 13.4. The number of aliphatic imine (C=N–C) groups is 1. The maximum absolute atomic E-state index is 13.4. The molecule has 7 N–H and O–H groups in total. The van der Waals surface area contributed by atoms with Gasteiger partial charge in [-0.2, -0.15) is 5.48 Å². The van der Waals surface area contributed by atoms with E-state index in [1.54, 1.807) is 27.0 Å². The summed E-state index contributed by atoms with van der Waals surface area (Å²) in [7, 11) is 1.25. The molecule has 0 aliphatic rings. The number of fused-ring (bicyclic) bond motifs is 1. The monoisotopic (exact) mass is 546 g/mol. The maximum Gasteiger partial charge on any atom is 0.431 e. The number of rotatable bonds is 14. The van der Waals surface area contributed by atoms with Crippen LogP contribution in [0, 0.1) is 5.92 Å². The number of H-pyrrole nitrogens is 1. The minimum absolute atomic E-state index is 0.0643. The number of benzene rings is 1. The molecule has 1 aromatic heterocycles. The number of aromatic nitrogens is 1. The number of nitrogens with one attached hydrogen (secondary N) is 3. The fourth-order valence-corrected chi connectivity index (χ4v) is 3.86. The molecule has 0 spiro atoms. The lowest BCUT2D eigenvalue weighted by Gasteiger charge is -2.21. The Kier molecular flexibility index (Phi) is 11.7. The summed E-state index contributed by atoms with van der Waals surface area (Å²) in [5.74, 6) is -2.37. The normalized spacial score (nSPS) is 12.7. The molecule has 2 rings (SSSR count). The molecule has 0 aliphatic heterocycles. The van der Waals surface area contributed by atoms with Crippen molar-refractivity contribution in [2.75, 3.05) is 20.3 Å². The van der Waals surface area contributed by atoms with Crippen molar-refractivity contribution in [2.24, 2.45) is 22.4 Å². The van der Waals surface area contributed by atoms with Crippen LogP contribution in [0.5, 0.6) is 0 Å². The van der Waals surface area contributed by atoms with Crippen LogP contribution in [0.3, 0.4) is 0 Å². The third kappa shape index (κ3) is 11.0. The number of hydrogen-bond acceptors (Lipinski definition) is 8. The number of para-hydroxylation sites is 1. The molecule has 0 saturated carbocycles. The van der Waals surface area contributed by atoms with Gasteiger partial charge in [-0.05, 0) is 45.2 Å². The van der Waals surface area contributed by atoms with E-state index in [0.29, 0.717) is 19.4 Å². The summed E-state index contributed by atoms with van der Waals surface area (Å²) in [4.78, 5) is 62.2. The van der Waals surface area contributed by atoms with Gasteiger partial charge >= 0.3 is 12.1 Å². The number of ether oxygens (including phenoxy) is 2. The highest BCUT2D eigenvalue weighted by Crippen LogP contribution is 2.21. The highest BCUT2D eigenvalue weighted by Gasteiger charge is 2.29. The number of nitrogens with zero attached hydrogens (tertiary/aromatic N) is 1. The molecule has 2 atom stereocenters. The Bertz CT molecular complexity index is 1170. The van der Waals surface area contributed by atoms with Crippen molar-refractivity contribution in [3.8, 4) is 0 Å². The lowest BCUT2D eigenvalue weighted by Crippen LogP contribution is -2.45. The number of hydroxylamine groups is 1. The molecule has 2 unspecified atom stereocenters. The zero-order valence-electron chi connectivity index (χ0n) is 22.7. The van der Waals surface area contributed by atoms with Gasteiger partial charge in [-0.3, -0.25) is 24.2 Å². The van der Waals surface area contributed by atoms with Gasteiger partial charge in [0, 0.05) is 36.5 Å². The van der Waals surface area contributed by atoms with Crippen molar-refractivity contribution in [3.63, 3.8) is 0 Å². The summed E-state index contributed by atoms with van der Waals surface area (Å²) in [5, 5.41) is 3.56. The number of carbonyl (C=O) groups excluding carboxylic acids is 4. The molecule has 0 bridgehead atoms. The molecule has 13 heteroatoms. The molecule has 1 aromatic carbocycles. The number of ketones is 1. The van der Waals surface area contributed by atoms with Gasteiger partial charge in [-0.15, -0.1) is 0 Å². The lowest BCUT2D eigenvalue weighted by atomic mass is 9.91. The molecule has 214 valence electrons. The number of carbonyl (C=O) groups is 4. The van der Waals surface area contributed by atoms with E-state index in [0.717, 1.165) is 16.5 Å². The van der Waals surface area contributed by atoms with Crippen LogP contribution in [0.15, 0.2) is 35.5 Å². The molecular formula is C26H38N6O7. The quantitative estimate of drug-likeness (QED) is 0.0764. The second-order valence-electron chi connectivity index (χ2n) is 9.92. The second-order valence-corrected chi connectivity index (χ2v) is 9.92. The first-order valence-corrected chi connectivity index (χ1v) is 12.5. The Morgan fingerprint density at radius 2 is 1.85 bits per heavy atom. The van der Waals surface area contributed by atoms with Gasteiger partial charge in [0.25, 0.3) is 0 Å². The van der Waals surface area contributed by atoms with E-state index in [1.165, 1.54) is 7.11 Å². The fourth-order valence-electron chi connectivity index (χ4n) is 3.86. The average molecular weight is 547 g/mol. The summed E-state index contributed by atoms with van der Waals surface area (Å²) in [6.45, 7) is 4.78. The Labute approximate surface area is 227 Å². The minimum atomic E-state index is -0.980. The van der Waals surface area contributed by atoms with E-state index in [9.17, 15) is 19.2 Å². The molecule has 2 aromatic rings. The Morgan fingerprint density at radius 1 is 1.13 bits per heavy atom. The molecule has 0 saturated heterocycles. The van der Waals surface area contributed by atoms with Crippen LogP contribution < -0.4 is 22.3 Å². The third-order valence-electron chi connectivity index (χ3n) is 5.57. The highest BCUT2D eigenvalue weighted by atomic mass is 16.7. The topological polar surface area (TPSA) is 200 Å². The van der Waals surface area contributed by atoms with Crippen LogP contribution in [0.25, 0.3) is 10.9 Å². The van der Waals surface area contributed by atoms with Gasteiger partial charge in [0.2, 0.25) is 5.91 Å². The van der Waals surface area contributed by atoms with E-state index in [-0.39, 0.29) is 24.6 Å². The van der Waals surface area contributed by atoms with Gasteiger partial charge in [0.1, 0.15) is 5.60 Å². The van der Waals surface area contributed by atoms with Crippen molar-refractivity contribution in [1.82, 2.24) is 15.8 Å². The fraction of sp³-hybridized carbons (Fsp3) is 0.500. The number of hydrogen-bond donors (Lipinski definition) is 5. The zero-order chi connectivity index (χ0) is 29.0. The molecule has 39 heavy (non-hydrogen) atoms. The van der Waals surface area contributed by atoms with Gasteiger partial charge in [0.15, 0.2) is 18.3 Å². The predicted octanol–water partition coefficient (Wildman–Crippen LogP) is 1.45. The minimum Gasteiger partial charge on any atom is -0.469 e. The number of aromatic amines is 1. The zero-order valence-corrected chi connectivity index (χ0v) is 22.7. The summed E-state index contributed by atoms with van der Waals surface area (Å²) in [6.07, 6.45) is 1.67. The summed E-state index contributed by atoms with van der Waals surface area (Å²) < 4.78 is 9.93. The van der Waals surface area contributed by atoms with Gasteiger partial charge < -0.3 is 31.2 Å². The first-order chi connectivity index (χ1) is 18.4. The van der Waals surface area contributed by atoms with Crippen LogP contribution >= 0.6 is 0 Å². The van der Waals surface area contributed by atoms with Crippen LogP contribution in [0.4, 0.5) is 4.79 Å². The molecule has 1 heterocycles. The van der Waals surface area contributed by atoms with Crippen molar-refractivity contribution >= 4 is 40.6 Å². The average Bonchev–Trinajstić information content (AvgIpc) is 3.26. The van der Waals surface area contributed by atoms with E-state index >= 15 is 0 Å². The predicted molar refractivity (Wildman–Crippen MR) is 144 cm³/mol. The van der Waals surface area contributed by atoms with Crippen molar-refractivity contribution in [3.05, 3.63) is 36.0 Å². The van der Waals surface area contributed by atoms with Crippen LogP contribution in [0.1, 0.15) is 45.6 Å². The number of guanidine groups is 1. The standard InChI is InChI=1S/C26H38N6O7/c1-26(2,3)39-25(36)32-38-15-22(34)31-20(12-17-14-30-19-10-6-5-9-18(17)19)21(33)13-16(23(35)37-4)8-7-11-29-24(27)28/h5-6,9-10,14,16,20,30H,7-8,11-13,15H2,1-4H3,(H,31,34)(H,32,36)(H4,27,28,29). The smallest absolute Gasteiger partial charge is 0.431 e. The molecular weight excluding hydrogens is 508 g/mol. The Hall–Kier alpha value is -4.13. The molecule has 2 amide bonds. The van der Waals surface area contributed by atoms with Gasteiger partial charge in [-0.1, -0.05) is 18.2 Å². The van der Waals surface area contributed by atoms with Crippen molar-refractivity contribution < 1.29 is 33.5 Å². The van der Waals surface area contributed by atoms with Crippen LogP contribution in [-0.2, 0) is 35.1 Å². The summed E-state index contributed by atoms with van der Waals surface area (Å²) >= 11 is 0. The Morgan fingerprint density at radius 3 is 2.51 bits per heavy atom. The summed E-state index contributed by atoms with van der Waals surface area (Å²) in [5.41, 5.74) is 13.7. The largest absolute Gasteiger partial charge is 0.469 e. The molecule has 0 fully saturated rings. The third-order valence-corrected chi connectivity index (χ3v) is 5.57. The first kappa shape index (κ1) is 31.1. The van der Waals surface area contributed by atoms with Gasteiger partial charge in [-0.25, -0.2) is 4.79 Å². The van der Waals surface area contributed by atoms with E-state index in [1.807, 2.05) is 29.7 Å². The number of Topliss-reactive ketones (excluding diaryl/α,β-unsaturated/α-hetero) is 1. The Balaban J connectivity index is 2.12. The number of methoxy groups -OCH3 is 1. The molecule has 13 nitrogen and oxygen atoms in total. The number of amides is 2. The van der Waals surface area contributed by atoms with Crippen molar-refractivity contribution in [1.29, 1.82) is 0 Å². The number of nitrogens with two attached hydrogens (primary N) is 2. The molecule has 0 aliphatic carbocycles. The van der Waals surface area contributed by atoms with Crippen LogP contribution in [-0.4, -0.2) is 66.6 Å². The second kappa shape index (κ2) is 14.7.